The Morgan fingerprint density at radius 1 is 1.23 bits per heavy atom. The van der Waals surface area contributed by atoms with Gasteiger partial charge in [0.15, 0.2) is 0 Å². The second-order valence-electron chi connectivity index (χ2n) is 5.35. The van der Waals surface area contributed by atoms with Gasteiger partial charge in [0.2, 0.25) is 5.91 Å². The van der Waals surface area contributed by atoms with Crippen molar-refractivity contribution in [2.75, 3.05) is 19.0 Å². The molecule has 0 saturated carbocycles. The summed E-state index contributed by atoms with van der Waals surface area (Å²) in [6, 6.07) is 13.3. The quantitative estimate of drug-likeness (QED) is 0.942. The standard InChI is InChI=1S/C18H19NO3/c1-21-16-7-4-13(5-8-16)11-18(20)19-15-6-9-17-14(12-15)3-2-10-22-17/h4-9,12H,2-3,10-11H2,1H3,(H,19,20). The van der Waals surface area contributed by atoms with Crippen LogP contribution >= 0.6 is 0 Å². The molecule has 1 aliphatic heterocycles. The van der Waals surface area contributed by atoms with Gasteiger partial charge >= 0.3 is 0 Å². The molecule has 2 aromatic rings. The average molecular weight is 297 g/mol. The van der Waals surface area contributed by atoms with E-state index in [4.69, 9.17) is 9.47 Å². The summed E-state index contributed by atoms with van der Waals surface area (Å²) in [6.45, 7) is 0.774. The van der Waals surface area contributed by atoms with Crippen LogP contribution in [0, 0.1) is 0 Å². The van der Waals surface area contributed by atoms with Gasteiger partial charge in [0, 0.05) is 5.69 Å². The zero-order valence-electron chi connectivity index (χ0n) is 12.6. The highest BCUT2D eigenvalue weighted by Crippen LogP contribution is 2.27. The number of rotatable bonds is 4. The number of methoxy groups -OCH3 is 1. The van der Waals surface area contributed by atoms with Crippen molar-refractivity contribution < 1.29 is 14.3 Å². The third-order valence-corrected chi connectivity index (χ3v) is 3.72. The maximum atomic E-state index is 12.1. The lowest BCUT2D eigenvalue weighted by molar-refractivity contribution is -0.115. The van der Waals surface area contributed by atoms with E-state index >= 15 is 0 Å². The van der Waals surface area contributed by atoms with Crippen LogP contribution in [0.3, 0.4) is 0 Å². The van der Waals surface area contributed by atoms with Crippen LogP contribution in [0.1, 0.15) is 17.5 Å². The molecular formula is C18H19NO3. The van der Waals surface area contributed by atoms with Crippen molar-refractivity contribution in [3.05, 3.63) is 53.6 Å². The summed E-state index contributed by atoms with van der Waals surface area (Å²) >= 11 is 0. The van der Waals surface area contributed by atoms with Gasteiger partial charge in [0.1, 0.15) is 11.5 Å². The van der Waals surface area contributed by atoms with Crippen molar-refractivity contribution in [3.8, 4) is 11.5 Å². The monoisotopic (exact) mass is 297 g/mol. The smallest absolute Gasteiger partial charge is 0.228 e. The van der Waals surface area contributed by atoms with Gasteiger partial charge in [0.25, 0.3) is 0 Å². The Morgan fingerprint density at radius 3 is 2.82 bits per heavy atom. The molecule has 2 aromatic carbocycles. The number of benzene rings is 2. The first-order chi connectivity index (χ1) is 10.7. The minimum atomic E-state index is -0.0261. The molecule has 114 valence electrons. The number of hydrogen-bond acceptors (Lipinski definition) is 3. The molecule has 0 bridgehead atoms. The third kappa shape index (κ3) is 3.39. The van der Waals surface area contributed by atoms with Gasteiger partial charge < -0.3 is 14.8 Å². The van der Waals surface area contributed by atoms with Crippen molar-refractivity contribution in [1.82, 2.24) is 0 Å². The molecule has 4 heteroatoms. The van der Waals surface area contributed by atoms with Crippen LogP contribution in [-0.2, 0) is 17.6 Å². The largest absolute Gasteiger partial charge is 0.497 e. The van der Waals surface area contributed by atoms with Gasteiger partial charge in [-0.2, -0.15) is 0 Å². The zero-order valence-corrected chi connectivity index (χ0v) is 12.6. The Kier molecular flexibility index (Phi) is 4.28. The van der Waals surface area contributed by atoms with Crippen molar-refractivity contribution in [1.29, 1.82) is 0 Å². The van der Waals surface area contributed by atoms with Crippen LogP contribution in [0.5, 0.6) is 11.5 Å². The summed E-state index contributed by atoms with van der Waals surface area (Å²) in [4.78, 5) is 12.1. The lowest BCUT2D eigenvalue weighted by Crippen LogP contribution is -2.15. The van der Waals surface area contributed by atoms with E-state index in [-0.39, 0.29) is 5.91 Å². The normalized spacial score (nSPS) is 13.0. The number of fused-ring (bicyclic) bond motifs is 1. The SMILES string of the molecule is COc1ccc(CC(=O)Nc2ccc3c(c2)CCCO3)cc1. The van der Waals surface area contributed by atoms with Crippen molar-refractivity contribution in [2.24, 2.45) is 0 Å². The molecule has 1 heterocycles. The summed E-state index contributed by atoms with van der Waals surface area (Å²) in [5.74, 6) is 1.69. The first-order valence-corrected chi connectivity index (χ1v) is 7.43. The molecule has 1 aliphatic rings. The molecule has 3 rings (SSSR count). The van der Waals surface area contributed by atoms with E-state index in [9.17, 15) is 4.79 Å². The molecule has 0 aliphatic carbocycles. The summed E-state index contributed by atoms with van der Waals surface area (Å²) in [5, 5.41) is 2.94. The van der Waals surface area contributed by atoms with Crippen LogP contribution in [0.4, 0.5) is 5.69 Å². The highest BCUT2D eigenvalue weighted by Gasteiger charge is 2.11. The molecule has 0 unspecified atom stereocenters. The molecule has 0 radical (unpaired) electrons. The number of aryl methyl sites for hydroxylation is 1. The van der Waals surface area contributed by atoms with Gasteiger partial charge in [-0.05, 0) is 54.3 Å². The predicted molar refractivity (Wildman–Crippen MR) is 85.6 cm³/mol. The van der Waals surface area contributed by atoms with Gasteiger partial charge in [-0.1, -0.05) is 12.1 Å². The number of nitrogens with one attached hydrogen (secondary N) is 1. The van der Waals surface area contributed by atoms with Crippen LogP contribution in [-0.4, -0.2) is 19.6 Å². The topological polar surface area (TPSA) is 47.6 Å². The fraction of sp³-hybridized carbons (Fsp3) is 0.278. The summed E-state index contributed by atoms with van der Waals surface area (Å²) < 4.78 is 10.7. The van der Waals surface area contributed by atoms with E-state index < -0.39 is 0 Å². The van der Waals surface area contributed by atoms with Gasteiger partial charge in [-0.25, -0.2) is 0 Å². The summed E-state index contributed by atoms with van der Waals surface area (Å²) in [7, 11) is 1.63. The molecule has 4 nitrogen and oxygen atoms in total. The van der Waals surface area contributed by atoms with E-state index in [1.54, 1.807) is 7.11 Å². The third-order valence-electron chi connectivity index (χ3n) is 3.72. The zero-order chi connectivity index (χ0) is 15.4. The molecule has 1 N–H and O–H groups in total. The van der Waals surface area contributed by atoms with Gasteiger partial charge in [-0.3, -0.25) is 4.79 Å². The minimum Gasteiger partial charge on any atom is -0.497 e. The van der Waals surface area contributed by atoms with E-state index in [2.05, 4.69) is 5.32 Å². The van der Waals surface area contributed by atoms with Crippen molar-refractivity contribution in [2.45, 2.75) is 19.3 Å². The lowest BCUT2D eigenvalue weighted by Gasteiger charge is -2.18. The predicted octanol–water partition coefficient (Wildman–Crippen LogP) is 3.20. The molecular weight excluding hydrogens is 278 g/mol. The van der Waals surface area contributed by atoms with Crippen molar-refractivity contribution in [3.63, 3.8) is 0 Å². The number of amides is 1. The van der Waals surface area contributed by atoms with Gasteiger partial charge in [0.05, 0.1) is 20.1 Å². The summed E-state index contributed by atoms with van der Waals surface area (Å²) in [6.07, 6.45) is 2.37. The van der Waals surface area contributed by atoms with Gasteiger partial charge in [-0.15, -0.1) is 0 Å². The number of hydrogen-bond donors (Lipinski definition) is 1. The first kappa shape index (κ1) is 14.4. The first-order valence-electron chi connectivity index (χ1n) is 7.43. The minimum absolute atomic E-state index is 0.0261. The van der Waals surface area contributed by atoms with E-state index in [0.717, 1.165) is 47.8 Å². The van der Waals surface area contributed by atoms with Crippen molar-refractivity contribution >= 4 is 11.6 Å². The van der Waals surface area contributed by atoms with Crippen LogP contribution in [0.15, 0.2) is 42.5 Å². The number of anilines is 1. The maximum absolute atomic E-state index is 12.1. The number of ether oxygens (including phenoxy) is 2. The molecule has 0 atom stereocenters. The molecule has 1 amide bonds. The highest BCUT2D eigenvalue weighted by atomic mass is 16.5. The lowest BCUT2D eigenvalue weighted by atomic mass is 10.1. The Morgan fingerprint density at radius 2 is 2.05 bits per heavy atom. The number of carbonyl (C=O) groups is 1. The van der Waals surface area contributed by atoms with E-state index in [1.165, 1.54) is 0 Å². The average Bonchev–Trinajstić information content (AvgIpc) is 2.55. The van der Waals surface area contributed by atoms with E-state index in [1.807, 2.05) is 42.5 Å². The molecule has 0 fully saturated rings. The fourth-order valence-corrected chi connectivity index (χ4v) is 2.57. The van der Waals surface area contributed by atoms with Crippen LogP contribution in [0.2, 0.25) is 0 Å². The second-order valence-corrected chi connectivity index (χ2v) is 5.35. The van der Waals surface area contributed by atoms with Crippen LogP contribution < -0.4 is 14.8 Å². The highest BCUT2D eigenvalue weighted by molar-refractivity contribution is 5.92. The summed E-state index contributed by atoms with van der Waals surface area (Å²) in [5.41, 5.74) is 2.94. The second kappa shape index (κ2) is 6.52. The molecule has 0 aromatic heterocycles. The van der Waals surface area contributed by atoms with E-state index in [0.29, 0.717) is 6.42 Å². The Hall–Kier alpha value is -2.49. The molecule has 0 spiro atoms. The molecule has 22 heavy (non-hydrogen) atoms. The molecule has 0 saturated heterocycles. The Balaban J connectivity index is 1.63. The number of carbonyl (C=O) groups excluding carboxylic acids is 1. The Labute approximate surface area is 130 Å². The fourth-order valence-electron chi connectivity index (χ4n) is 2.57. The Bertz CT molecular complexity index is 665. The van der Waals surface area contributed by atoms with Crippen LogP contribution in [0.25, 0.3) is 0 Å². The maximum Gasteiger partial charge on any atom is 0.228 e.